The lowest BCUT2D eigenvalue weighted by Crippen LogP contribution is -2.42. The molecule has 0 aliphatic rings. The molecule has 3 N–H and O–H groups in total. The van der Waals surface area contributed by atoms with E-state index < -0.39 is 6.04 Å². The largest absolute Gasteiger partial charge is 0.464 e. The molecule has 0 saturated heterocycles. The predicted molar refractivity (Wildman–Crippen MR) is 98.7 cm³/mol. The monoisotopic (exact) mass is 342 g/mol. The molecule has 0 radical (unpaired) electrons. The molecule has 1 atom stereocenters. The Morgan fingerprint density at radius 3 is 2.21 bits per heavy atom. The number of rotatable bonds is 16. The van der Waals surface area contributed by atoms with Crippen LogP contribution in [-0.2, 0) is 14.3 Å². The summed E-state index contributed by atoms with van der Waals surface area (Å²) in [5, 5.41) is 2.84. The zero-order valence-corrected chi connectivity index (χ0v) is 15.8. The fourth-order valence-corrected chi connectivity index (χ4v) is 2.55. The molecule has 142 valence electrons. The van der Waals surface area contributed by atoms with E-state index in [0.717, 1.165) is 32.1 Å². The quantitative estimate of drug-likeness (QED) is 0.331. The first-order valence-electron chi connectivity index (χ1n) is 9.81. The summed E-state index contributed by atoms with van der Waals surface area (Å²) in [4.78, 5) is 24.1. The van der Waals surface area contributed by atoms with Crippen LogP contribution in [0.25, 0.3) is 0 Å². The second kappa shape index (κ2) is 16.7. The Bertz CT molecular complexity index is 322. The highest BCUT2D eigenvalue weighted by atomic mass is 16.5. The smallest absolute Gasteiger partial charge is 0.328 e. The highest BCUT2D eigenvalue weighted by Crippen LogP contribution is 2.09. The summed E-state index contributed by atoms with van der Waals surface area (Å²) < 4.78 is 5.18. The molecule has 0 aromatic heterocycles. The van der Waals surface area contributed by atoms with Crippen LogP contribution in [0.15, 0.2) is 0 Å². The third-order valence-electron chi connectivity index (χ3n) is 4.02. The standard InChI is InChI=1S/C19H38N2O3/c1-3-5-6-7-8-9-10-14-18(22)21-17(13-11-12-15-20)19(23)24-16-4-2/h17H,3-16,20H2,1-2H3,(H,21,22)/t17-/m0/s1. The van der Waals surface area contributed by atoms with Crippen LogP contribution in [0.4, 0.5) is 0 Å². The van der Waals surface area contributed by atoms with Gasteiger partial charge in [-0.3, -0.25) is 4.79 Å². The number of hydrogen-bond acceptors (Lipinski definition) is 4. The number of carbonyl (C=O) groups is 2. The summed E-state index contributed by atoms with van der Waals surface area (Å²) in [6.45, 7) is 5.16. The van der Waals surface area contributed by atoms with Gasteiger partial charge in [-0.25, -0.2) is 4.79 Å². The van der Waals surface area contributed by atoms with Crippen molar-refractivity contribution >= 4 is 11.9 Å². The van der Waals surface area contributed by atoms with E-state index in [9.17, 15) is 9.59 Å². The van der Waals surface area contributed by atoms with Gasteiger partial charge in [0.2, 0.25) is 5.91 Å². The van der Waals surface area contributed by atoms with Crippen molar-refractivity contribution in [1.29, 1.82) is 0 Å². The van der Waals surface area contributed by atoms with Crippen molar-refractivity contribution in [2.45, 2.75) is 96.9 Å². The van der Waals surface area contributed by atoms with Crippen LogP contribution >= 0.6 is 0 Å². The normalized spacial score (nSPS) is 12.0. The molecule has 0 fully saturated rings. The maximum absolute atomic E-state index is 12.1. The minimum Gasteiger partial charge on any atom is -0.464 e. The van der Waals surface area contributed by atoms with Gasteiger partial charge in [0.15, 0.2) is 0 Å². The zero-order valence-electron chi connectivity index (χ0n) is 15.8. The van der Waals surface area contributed by atoms with Crippen LogP contribution in [0.3, 0.4) is 0 Å². The SMILES string of the molecule is CCCCCCCCCC(=O)N[C@@H](CCCCN)C(=O)OCCC. The van der Waals surface area contributed by atoms with Gasteiger partial charge in [0.25, 0.3) is 0 Å². The molecule has 0 bridgehead atoms. The average Bonchev–Trinajstić information content (AvgIpc) is 2.58. The summed E-state index contributed by atoms with van der Waals surface area (Å²) in [7, 11) is 0. The highest BCUT2D eigenvalue weighted by Gasteiger charge is 2.21. The van der Waals surface area contributed by atoms with Crippen LogP contribution in [0.5, 0.6) is 0 Å². The number of esters is 1. The number of hydrogen-bond donors (Lipinski definition) is 2. The van der Waals surface area contributed by atoms with E-state index >= 15 is 0 Å². The summed E-state index contributed by atoms with van der Waals surface area (Å²) in [6.07, 6.45) is 11.8. The topological polar surface area (TPSA) is 81.4 Å². The van der Waals surface area contributed by atoms with Gasteiger partial charge >= 0.3 is 5.97 Å². The van der Waals surface area contributed by atoms with E-state index in [2.05, 4.69) is 12.2 Å². The maximum atomic E-state index is 12.1. The summed E-state index contributed by atoms with van der Waals surface area (Å²) in [5.74, 6) is -0.364. The van der Waals surface area contributed by atoms with E-state index in [1.165, 1.54) is 32.1 Å². The molecule has 0 aromatic rings. The molecule has 0 rings (SSSR count). The Balaban J connectivity index is 4.01. The van der Waals surface area contributed by atoms with Gasteiger partial charge in [0.05, 0.1) is 6.61 Å². The lowest BCUT2D eigenvalue weighted by atomic mass is 10.1. The van der Waals surface area contributed by atoms with E-state index in [-0.39, 0.29) is 11.9 Å². The minimum atomic E-state index is -0.528. The van der Waals surface area contributed by atoms with Crippen LogP contribution in [0, 0.1) is 0 Å². The van der Waals surface area contributed by atoms with Gasteiger partial charge in [-0.15, -0.1) is 0 Å². The number of nitrogens with one attached hydrogen (secondary N) is 1. The van der Waals surface area contributed by atoms with E-state index in [1.807, 2.05) is 6.92 Å². The van der Waals surface area contributed by atoms with Crippen molar-refractivity contribution in [2.75, 3.05) is 13.2 Å². The third-order valence-corrected chi connectivity index (χ3v) is 4.02. The molecule has 0 aromatic carbocycles. The molecular weight excluding hydrogens is 304 g/mol. The molecule has 0 saturated carbocycles. The molecule has 0 aliphatic carbocycles. The molecule has 5 heteroatoms. The van der Waals surface area contributed by atoms with Crippen LogP contribution in [0.1, 0.15) is 90.9 Å². The average molecular weight is 343 g/mol. The Labute approximate surface area is 148 Å². The summed E-state index contributed by atoms with van der Waals surface area (Å²) in [6, 6.07) is -0.528. The molecule has 0 spiro atoms. The second-order valence-corrected chi connectivity index (χ2v) is 6.44. The Morgan fingerprint density at radius 2 is 1.58 bits per heavy atom. The molecule has 0 heterocycles. The molecule has 0 unspecified atom stereocenters. The fraction of sp³-hybridized carbons (Fsp3) is 0.895. The number of ether oxygens (including phenoxy) is 1. The predicted octanol–water partition coefficient (Wildman–Crippen LogP) is 3.69. The second-order valence-electron chi connectivity index (χ2n) is 6.44. The van der Waals surface area contributed by atoms with Crippen molar-refractivity contribution in [1.82, 2.24) is 5.32 Å². The molecule has 1 amide bonds. The summed E-state index contributed by atoms with van der Waals surface area (Å²) >= 11 is 0. The Kier molecular flexibility index (Phi) is 16.0. The summed E-state index contributed by atoms with van der Waals surface area (Å²) in [5.41, 5.74) is 5.49. The first-order valence-corrected chi connectivity index (χ1v) is 9.81. The van der Waals surface area contributed by atoms with Crippen molar-refractivity contribution in [3.63, 3.8) is 0 Å². The minimum absolute atomic E-state index is 0.0465. The van der Waals surface area contributed by atoms with E-state index in [1.54, 1.807) is 0 Å². The Morgan fingerprint density at radius 1 is 0.917 bits per heavy atom. The highest BCUT2D eigenvalue weighted by molar-refractivity contribution is 5.84. The fourth-order valence-electron chi connectivity index (χ4n) is 2.55. The number of unbranched alkanes of at least 4 members (excludes halogenated alkanes) is 7. The first kappa shape index (κ1) is 22.9. The van der Waals surface area contributed by atoms with Gasteiger partial charge in [0.1, 0.15) is 6.04 Å². The lowest BCUT2D eigenvalue weighted by molar-refractivity contribution is -0.148. The van der Waals surface area contributed by atoms with Crippen LogP contribution in [0.2, 0.25) is 0 Å². The van der Waals surface area contributed by atoms with Crippen molar-refractivity contribution in [3.05, 3.63) is 0 Å². The number of amides is 1. The number of carbonyl (C=O) groups excluding carboxylic acids is 2. The molecule has 0 aliphatic heterocycles. The van der Waals surface area contributed by atoms with Gasteiger partial charge in [0, 0.05) is 6.42 Å². The van der Waals surface area contributed by atoms with Gasteiger partial charge < -0.3 is 15.8 Å². The Hall–Kier alpha value is -1.10. The maximum Gasteiger partial charge on any atom is 0.328 e. The van der Waals surface area contributed by atoms with Crippen molar-refractivity contribution in [2.24, 2.45) is 5.73 Å². The van der Waals surface area contributed by atoms with Crippen molar-refractivity contribution < 1.29 is 14.3 Å². The number of nitrogens with two attached hydrogens (primary N) is 1. The van der Waals surface area contributed by atoms with Gasteiger partial charge in [-0.1, -0.05) is 52.4 Å². The van der Waals surface area contributed by atoms with Crippen molar-refractivity contribution in [3.8, 4) is 0 Å². The van der Waals surface area contributed by atoms with Crippen LogP contribution < -0.4 is 11.1 Å². The van der Waals surface area contributed by atoms with E-state index in [0.29, 0.717) is 26.0 Å². The van der Waals surface area contributed by atoms with Gasteiger partial charge in [-0.2, -0.15) is 0 Å². The van der Waals surface area contributed by atoms with Gasteiger partial charge in [-0.05, 0) is 38.6 Å². The zero-order chi connectivity index (χ0) is 18.0. The molecular formula is C19H38N2O3. The lowest BCUT2D eigenvalue weighted by Gasteiger charge is -2.17. The third kappa shape index (κ3) is 13.3. The van der Waals surface area contributed by atoms with E-state index in [4.69, 9.17) is 10.5 Å². The molecule has 24 heavy (non-hydrogen) atoms. The first-order chi connectivity index (χ1) is 11.7. The molecule has 5 nitrogen and oxygen atoms in total. The van der Waals surface area contributed by atoms with Crippen LogP contribution in [-0.4, -0.2) is 31.1 Å².